The van der Waals surface area contributed by atoms with Gasteiger partial charge in [-0.1, -0.05) is 12.1 Å². The molecule has 1 heterocycles. The van der Waals surface area contributed by atoms with E-state index in [9.17, 15) is 9.59 Å². The summed E-state index contributed by atoms with van der Waals surface area (Å²) in [5.74, 6) is -0.346. The molecular weight excluding hydrogens is 330 g/mol. The van der Waals surface area contributed by atoms with E-state index in [1.807, 2.05) is 24.3 Å². The number of imidazole rings is 1. The van der Waals surface area contributed by atoms with Gasteiger partial charge in [-0.3, -0.25) is 9.59 Å². The zero-order chi connectivity index (χ0) is 13.7. The first-order chi connectivity index (χ1) is 9.19. The number of aromatic nitrogens is 2. The van der Waals surface area contributed by atoms with Gasteiger partial charge in [0.15, 0.2) is 10.3 Å². The van der Waals surface area contributed by atoms with Gasteiger partial charge in [0.1, 0.15) is 0 Å². The van der Waals surface area contributed by atoms with Crippen molar-refractivity contribution in [3.8, 4) is 0 Å². The van der Waals surface area contributed by atoms with Crippen molar-refractivity contribution in [1.82, 2.24) is 9.97 Å². The summed E-state index contributed by atoms with van der Waals surface area (Å²) in [5.41, 5.74) is 1.71. The number of hydrogen-bond donors (Lipinski definition) is 1. The van der Waals surface area contributed by atoms with Crippen LogP contribution in [0.5, 0.6) is 0 Å². The summed E-state index contributed by atoms with van der Waals surface area (Å²) in [4.78, 5) is 30.2. The van der Waals surface area contributed by atoms with Crippen LogP contribution in [0.3, 0.4) is 0 Å². The summed E-state index contributed by atoms with van der Waals surface area (Å²) in [6.07, 6.45) is 0.264. The fourth-order valence-electron chi connectivity index (χ4n) is 1.57. The normalized spacial score (nSPS) is 10.1. The smallest absolute Gasteiger partial charge is 0.306 e. The Morgan fingerprint density at radius 1 is 1.30 bits per heavy atom. The first-order valence-corrected chi connectivity index (χ1v) is 6.81. The molecule has 0 aliphatic heterocycles. The van der Waals surface area contributed by atoms with Crippen molar-refractivity contribution in [2.24, 2.45) is 0 Å². The SMILES string of the molecule is CCOC(=O)CCC(=O)Sc1nc2ccccc2[nH]1.[Zn]. The minimum Gasteiger partial charge on any atom is -0.466 e. The van der Waals surface area contributed by atoms with Crippen LogP contribution in [-0.2, 0) is 33.8 Å². The first kappa shape index (κ1) is 16.9. The zero-order valence-corrected chi connectivity index (χ0v) is 15.0. The maximum Gasteiger partial charge on any atom is 0.306 e. The molecule has 1 aromatic carbocycles. The second kappa shape index (κ2) is 8.17. The average Bonchev–Trinajstić information content (AvgIpc) is 2.78. The molecule has 0 unspecified atom stereocenters. The Morgan fingerprint density at radius 3 is 2.75 bits per heavy atom. The summed E-state index contributed by atoms with van der Waals surface area (Å²) < 4.78 is 4.77. The third-order valence-electron chi connectivity index (χ3n) is 2.42. The number of aromatic amines is 1. The number of rotatable bonds is 5. The Bertz CT molecular complexity index is 567. The van der Waals surface area contributed by atoms with Crippen molar-refractivity contribution in [3.63, 3.8) is 0 Å². The number of benzene rings is 1. The molecule has 0 aliphatic carbocycles. The Hall–Kier alpha value is -1.20. The number of carbonyl (C=O) groups is 2. The van der Waals surface area contributed by atoms with Crippen molar-refractivity contribution >= 4 is 33.9 Å². The van der Waals surface area contributed by atoms with Gasteiger partial charge in [0.05, 0.1) is 24.1 Å². The monoisotopic (exact) mass is 342 g/mol. The molecule has 20 heavy (non-hydrogen) atoms. The van der Waals surface area contributed by atoms with Gasteiger partial charge in [0.25, 0.3) is 0 Å². The fraction of sp³-hybridized carbons (Fsp3) is 0.308. The van der Waals surface area contributed by atoms with Crippen LogP contribution in [0.15, 0.2) is 29.4 Å². The molecule has 2 rings (SSSR count). The van der Waals surface area contributed by atoms with E-state index in [1.54, 1.807) is 6.92 Å². The third kappa shape index (κ3) is 4.72. The second-order valence-corrected chi connectivity index (χ2v) is 4.88. The van der Waals surface area contributed by atoms with Gasteiger partial charge in [0, 0.05) is 25.9 Å². The van der Waals surface area contributed by atoms with Gasteiger partial charge in [-0.2, -0.15) is 0 Å². The van der Waals surface area contributed by atoms with Crippen LogP contribution in [0.4, 0.5) is 0 Å². The number of para-hydroxylation sites is 2. The summed E-state index contributed by atoms with van der Waals surface area (Å²) in [5, 5.41) is 0.446. The number of fused-ring (bicyclic) bond motifs is 1. The Labute approximate surface area is 133 Å². The van der Waals surface area contributed by atoms with Crippen LogP contribution in [0, 0.1) is 0 Å². The van der Waals surface area contributed by atoms with E-state index in [1.165, 1.54) is 0 Å². The maximum absolute atomic E-state index is 11.7. The van der Waals surface area contributed by atoms with E-state index >= 15 is 0 Å². The van der Waals surface area contributed by atoms with Crippen LogP contribution < -0.4 is 0 Å². The van der Waals surface area contributed by atoms with Crippen LogP contribution in [0.2, 0.25) is 0 Å². The number of carbonyl (C=O) groups excluding carboxylic acids is 2. The molecular formula is C13H14N2O3SZn. The van der Waals surface area contributed by atoms with Crippen molar-refractivity contribution in [2.75, 3.05) is 6.61 Å². The summed E-state index contributed by atoms with van der Waals surface area (Å²) in [6.45, 7) is 2.08. The summed E-state index contributed by atoms with van der Waals surface area (Å²) >= 11 is 1.02. The van der Waals surface area contributed by atoms with Crippen molar-refractivity contribution in [1.29, 1.82) is 0 Å². The van der Waals surface area contributed by atoms with E-state index in [-0.39, 0.29) is 43.4 Å². The number of hydrogen-bond acceptors (Lipinski definition) is 5. The molecule has 0 aliphatic rings. The predicted molar refractivity (Wildman–Crippen MR) is 72.8 cm³/mol. The van der Waals surface area contributed by atoms with Gasteiger partial charge in [-0.15, -0.1) is 0 Å². The number of esters is 1. The zero-order valence-electron chi connectivity index (χ0n) is 11.2. The van der Waals surface area contributed by atoms with E-state index in [0.717, 1.165) is 22.8 Å². The molecule has 0 fully saturated rings. The topological polar surface area (TPSA) is 72.1 Å². The third-order valence-corrected chi connectivity index (χ3v) is 3.24. The quantitative estimate of drug-likeness (QED) is 0.513. The van der Waals surface area contributed by atoms with E-state index in [2.05, 4.69) is 9.97 Å². The van der Waals surface area contributed by atoms with E-state index in [4.69, 9.17) is 4.74 Å². The molecule has 0 spiro atoms. The molecule has 0 saturated carbocycles. The molecule has 1 aromatic heterocycles. The molecule has 0 radical (unpaired) electrons. The Kier molecular flexibility index (Phi) is 6.89. The largest absolute Gasteiger partial charge is 0.466 e. The molecule has 5 nitrogen and oxygen atoms in total. The molecule has 1 N–H and O–H groups in total. The van der Waals surface area contributed by atoms with Gasteiger partial charge < -0.3 is 9.72 Å². The van der Waals surface area contributed by atoms with Gasteiger partial charge >= 0.3 is 5.97 Å². The molecule has 2 aromatic rings. The Morgan fingerprint density at radius 2 is 2.05 bits per heavy atom. The summed E-state index contributed by atoms with van der Waals surface area (Å²) in [6, 6.07) is 7.56. The Balaban J connectivity index is 0.00000200. The first-order valence-electron chi connectivity index (χ1n) is 6.00. The second-order valence-electron chi connectivity index (χ2n) is 3.84. The molecule has 0 saturated heterocycles. The van der Waals surface area contributed by atoms with Crippen molar-refractivity contribution in [2.45, 2.75) is 24.9 Å². The number of nitrogens with zero attached hydrogens (tertiary/aromatic N) is 1. The predicted octanol–water partition coefficient (Wildman–Crippen LogP) is 2.52. The van der Waals surface area contributed by atoms with Gasteiger partial charge in [-0.25, -0.2) is 4.98 Å². The maximum atomic E-state index is 11.7. The average molecular weight is 344 g/mol. The van der Waals surface area contributed by atoms with Crippen LogP contribution in [-0.4, -0.2) is 27.7 Å². The van der Waals surface area contributed by atoms with Crippen molar-refractivity contribution < 1.29 is 33.8 Å². The molecule has 7 heteroatoms. The number of H-pyrrole nitrogens is 1. The number of nitrogens with one attached hydrogen (secondary N) is 1. The van der Waals surface area contributed by atoms with Crippen molar-refractivity contribution in [3.05, 3.63) is 24.3 Å². The number of ether oxygens (including phenoxy) is 1. The van der Waals surface area contributed by atoms with Crippen LogP contribution >= 0.6 is 11.8 Å². The van der Waals surface area contributed by atoms with Gasteiger partial charge in [0.2, 0.25) is 0 Å². The standard InChI is InChI=1S/C13H14N2O3S.Zn/c1-2-18-11(16)7-8-12(17)19-13-14-9-5-3-4-6-10(9)15-13;/h3-6H,2,7-8H2,1H3,(H,14,15);. The van der Waals surface area contributed by atoms with E-state index < -0.39 is 0 Å². The van der Waals surface area contributed by atoms with Crippen LogP contribution in [0.25, 0.3) is 11.0 Å². The summed E-state index contributed by atoms with van der Waals surface area (Å²) in [7, 11) is 0. The molecule has 0 atom stereocenters. The molecule has 0 bridgehead atoms. The number of thioether (sulfide) groups is 1. The van der Waals surface area contributed by atoms with Crippen LogP contribution in [0.1, 0.15) is 19.8 Å². The fourth-order valence-corrected chi connectivity index (χ4v) is 2.30. The van der Waals surface area contributed by atoms with E-state index in [0.29, 0.717) is 11.8 Å². The van der Waals surface area contributed by atoms with Gasteiger partial charge in [-0.05, 0) is 30.8 Å². The molecule has 102 valence electrons. The molecule has 0 amide bonds. The minimum absolute atomic E-state index is 0. The minimum atomic E-state index is -0.346.